The first-order chi connectivity index (χ1) is 20.5. The van der Waals surface area contributed by atoms with Gasteiger partial charge in [-0.1, -0.05) is 11.6 Å². The maximum absolute atomic E-state index is 14.4. The average Bonchev–Trinajstić information content (AvgIpc) is 3.04. The molecule has 5 rings (SSSR count). The Kier molecular flexibility index (Phi) is 8.43. The zero-order valence-electron chi connectivity index (χ0n) is 26.0. The quantitative estimate of drug-likeness (QED) is 0.453. The normalized spacial score (nSPS) is 21.4. The average molecular weight is 639 g/mol. The van der Waals surface area contributed by atoms with Crippen molar-refractivity contribution in [1.82, 2.24) is 24.7 Å². The summed E-state index contributed by atoms with van der Waals surface area (Å²) in [6.45, 7) is 12.6. The van der Waals surface area contributed by atoms with E-state index in [2.05, 4.69) is 9.88 Å². The number of carbonyl (C=O) groups excluding carboxylic acids is 2. The number of piperazine rings is 2. The highest BCUT2D eigenvalue weighted by Gasteiger charge is 2.44. The van der Waals surface area contributed by atoms with Crippen molar-refractivity contribution in [2.75, 3.05) is 57.8 Å². The minimum atomic E-state index is -4.73. The number of pyridine rings is 2. The summed E-state index contributed by atoms with van der Waals surface area (Å²) in [5.74, 6) is -0.234. The van der Waals surface area contributed by atoms with Crippen molar-refractivity contribution >= 4 is 29.4 Å². The molecule has 0 saturated carbocycles. The lowest BCUT2D eigenvalue weighted by molar-refractivity contribution is -0.137. The molecule has 2 fully saturated rings. The third-order valence-corrected chi connectivity index (χ3v) is 8.41. The van der Waals surface area contributed by atoms with E-state index >= 15 is 0 Å². The monoisotopic (exact) mass is 638 g/mol. The molecule has 3 aliphatic heterocycles. The van der Waals surface area contributed by atoms with Gasteiger partial charge in [0.1, 0.15) is 40.0 Å². The SMILES string of the molecule is Cc1cc(C)c(C(F)(F)F)c(-c2nc(N3CCN(C)C[C@@H]3C)c3c(c2Cl)OC[C@H]2CN(C(=O)OC(C)(C)C)CCN2C3=O)n1. The first kappa shape index (κ1) is 32.1. The van der Waals surface area contributed by atoms with Crippen LogP contribution in [0.4, 0.5) is 23.8 Å². The lowest BCUT2D eigenvalue weighted by atomic mass is 10.0. The fourth-order valence-electron chi connectivity index (χ4n) is 6.12. The van der Waals surface area contributed by atoms with Crippen LogP contribution < -0.4 is 9.64 Å². The molecule has 2 aromatic rings. The first-order valence-electron chi connectivity index (χ1n) is 14.6. The van der Waals surface area contributed by atoms with Crippen LogP contribution >= 0.6 is 11.6 Å². The number of hydrogen-bond acceptors (Lipinski definition) is 8. The van der Waals surface area contributed by atoms with E-state index in [1.807, 2.05) is 18.9 Å². The highest BCUT2D eigenvalue weighted by molar-refractivity contribution is 6.35. The van der Waals surface area contributed by atoms with E-state index in [4.69, 9.17) is 26.1 Å². The van der Waals surface area contributed by atoms with Gasteiger partial charge in [-0.05, 0) is 60.2 Å². The summed E-state index contributed by atoms with van der Waals surface area (Å²) < 4.78 is 55.1. The Morgan fingerprint density at radius 2 is 1.73 bits per heavy atom. The Bertz CT molecular complexity index is 1480. The largest absolute Gasteiger partial charge is 0.489 e. The second kappa shape index (κ2) is 11.6. The van der Waals surface area contributed by atoms with E-state index in [0.29, 0.717) is 25.3 Å². The summed E-state index contributed by atoms with van der Waals surface area (Å²) in [4.78, 5) is 43.4. The molecule has 0 bridgehead atoms. The van der Waals surface area contributed by atoms with Crippen LogP contribution in [0, 0.1) is 13.8 Å². The molecule has 3 aliphatic rings. The number of fused-ring (bicyclic) bond motifs is 2. The second-order valence-corrected chi connectivity index (χ2v) is 13.2. The summed E-state index contributed by atoms with van der Waals surface area (Å²) in [5.41, 5.74) is -1.81. The highest BCUT2D eigenvalue weighted by Crippen LogP contribution is 2.47. The van der Waals surface area contributed by atoms with E-state index < -0.39 is 41.1 Å². The van der Waals surface area contributed by atoms with Crippen molar-refractivity contribution < 1.29 is 32.2 Å². The fourth-order valence-corrected chi connectivity index (χ4v) is 6.40. The number of rotatable bonds is 2. The van der Waals surface area contributed by atoms with Gasteiger partial charge in [0.25, 0.3) is 5.91 Å². The van der Waals surface area contributed by atoms with Gasteiger partial charge in [-0.25, -0.2) is 9.78 Å². The Hall–Kier alpha value is -3.32. The molecule has 2 aromatic heterocycles. The maximum atomic E-state index is 14.4. The number of anilines is 1. The van der Waals surface area contributed by atoms with Crippen molar-refractivity contribution in [2.24, 2.45) is 0 Å². The number of aromatic nitrogens is 2. The van der Waals surface area contributed by atoms with E-state index in [1.54, 1.807) is 32.6 Å². The van der Waals surface area contributed by atoms with Crippen LogP contribution in [0.25, 0.3) is 11.4 Å². The molecule has 240 valence electrons. The molecular formula is C30H38ClF3N6O4. The van der Waals surface area contributed by atoms with Gasteiger partial charge in [0.2, 0.25) is 0 Å². The van der Waals surface area contributed by atoms with E-state index in [1.165, 1.54) is 17.9 Å². The van der Waals surface area contributed by atoms with Crippen LogP contribution in [0.5, 0.6) is 5.75 Å². The summed E-state index contributed by atoms with van der Waals surface area (Å²) in [6.07, 6.45) is -5.23. The molecule has 0 aliphatic carbocycles. The molecule has 14 heteroatoms. The van der Waals surface area contributed by atoms with Gasteiger partial charge >= 0.3 is 12.3 Å². The minimum absolute atomic E-state index is 0.0151. The summed E-state index contributed by atoms with van der Waals surface area (Å²) in [5, 5.41) is -0.217. The van der Waals surface area contributed by atoms with Gasteiger partial charge in [-0.15, -0.1) is 0 Å². The van der Waals surface area contributed by atoms with E-state index in [9.17, 15) is 22.8 Å². The van der Waals surface area contributed by atoms with Crippen LogP contribution in [0.3, 0.4) is 0 Å². The molecule has 0 spiro atoms. The van der Waals surface area contributed by atoms with Gasteiger partial charge < -0.3 is 29.1 Å². The Morgan fingerprint density at radius 3 is 2.36 bits per heavy atom. The number of amides is 2. The van der Waals surface area contributed by atoms with Gasteiger partial charge in [0, 0.05) is 51.0 Å². The standard InChI is InChI=1S/C30H38ClF3N6O4/c1-16-12-17(2)35-23(21(16)30(32,33)34)24-22(31)25-20(26(36-24)39-10-8-37(7)13-18(39)3)27(41)40-11-9-38(14-19(40)15-43-25)28(42)44-29(4,5)6/h12,18-19H,8-11,13-15H2,1-7H3/t18-,19+/m0/s1. The molecule has 0 aromatic carbocycles. The molecule has 0 N–H and O–H groups in total. The van der Waals surface area contributed by atoms with Crippen LogP contribution in [-0.2, 0) is 10.9 Å². The van der Waals surface area contributed by atoms with E-state index in [0.717, 1.165) is 0 Å². The zero-order chi connectivity index (χ0) is 32.3. The van der Waals surface area contributed by atoms with Crippen LogP contribution in [0.2, 0.25) is 5.02 Å². The van der Waals surface area contributed by atoms with Gasteiger partial charge in [-0.3, -0.25) is 9.78 Å². The predicted molar refractivity (Wildman–Crippen MR) is 159 cm³/mol. The second-order valence-electron chi connectivity index (χ2n) is 12.8. The van der Waals surface area contributed by atoms with Crippen molar-refractivity contribution in [3.8, 4) is 17.1 Å². The molecule has 5 heterocycles. The topological polar surface area (TPSA) is 91.3 Å². The van der Waals surface area contributed by atoms with Crippen molar-refractivity contribution in [3.63, 3.8) is 0 Å². The molecule has 2 atom stereocenters. The maximum Gasteiger partial charge on any atom is 0.418 e. The lowest BCUT2D eigenvalue weighted by Gasteiger charge is -2.41. The molecule has 0 radical (unpaired) electrons. The number of alkyl halides is 3. The Labute approximate surface area is 260 Å². The number of carbonyl (C=O) groups is 2. The van der Waals surface area contributed by atoms with Crippen molar-refractivity contribution in [3.05, 3.63) is 33.5 Å². The summed E-state index contributed by atoms with van der Waals surface area (Å²) >= 11 is 6.87. The molecule has 0 unspecified atom stereocenters. The molecule has 2 saturated heterocycles. The van der Waals surface area contributed by atoms with E-state index in [-0.39, 0.29) is 65.7 Å². The number of aryl methyl sites for hydroxylation is 2. The third kappa shape index (κ3) is 6.13. The predicted octanol–water partition coefficient (Wildman–Crippen LogP) is 5.03. The smallest absolute Gasteiger partial charge is 0.418 e. The number of nitrogens with zero attached hydrogens (tertiary/aromatic N) is 6. The fraction of sp³-hybridized carbons (Fsp3) is 0.600. The van der Waals surface area contributed by atoms with Gasteiger partial charge in [0.05, 0.1) is 11.6 Å². The number of ether oxygens (including phenoxy) is 2. The third-order valence-electron chi connectivity index (χ3n) is 8.06. The van der Waals surface area contributed by atoms with Crippen molar-refractivity contribution in [1.29, 1.82) is 0 Å². The number of likely N-dealkylation sites (N-methyl/N-ethyl adjacent to an activating group) is 1. The molecule has 10 nitrogen and oxygen atoms in total. The first-order valence-corrected chi connectivity index (χ1v) is 15.0. The van der Waals surface area contributed by atoms with Crippen LogP contribution in [0.15, 0.2) is 6.07 Å². The number of hydrogen-bond donors (Lipinski definition) is 0. The molecule has 2 amide bonds. The minimum Gasteiger partial charge on any atom is -0.489 e. The van der Waals surface area contributed by atoms with Crippen LogP contribution in [0.1, 0.15) is 54.9 Å². The van der Waals surface area contributed by atoms with Gasteiger partial charge in [0.15, 0.2) is 5.75 Å². The summed E-state index contributed by atoms with van der Waals surface area (Å²) in [7, 11) is 1.98. The molecule has 44 heavy (non-hydrogen) atoms. The summed E-state index contributed by atoms with van der Waals surface area (Å²) in [6, 6.07) is 0.699. The van der Waals surface area contributed by atoms with Gasteiger partial charge in [-0.2, -0.15) is 13.2 Å². The lowest BCUT2D eigenvalue weighted by Crippen LogP contribution is -2.58. The van der Waals surface area contributed by atoms with Crippen LogP contribution in [-0.4, -0.2) is 107 Å². The molecular weight excluding hydrogens is 601 g/mol. The number of halogens is 4. The van der Waals surface area contributed by atoms with Crippen molar-refractivity contribution in [2.45, 2.75) is 65.4 Å². The highest BCUT2D eigenvalue weighted by atomic mass is 35.5. The Balaban J connectivity index is 1.65. The zero-order valence-corrected chi connectivity index (χ0v) is 26.8. The Morgan fingerprint density at radius 1 is 1.05 bits per heavy atom.